The highest BCUT2D eigenvalue weighted by Gasteiger charge is 2.12. The van der Waals surface area contributed by atoms with Crippen molar-refractivity contribution in [1.82, 2.24) is 15.2 Å². The van der Waals surface area contributed by atoms with Gasteiger partial charge in [0.05, 0.1) is 0 Å². The van der Waals surface area contributed by atoms with Crippen molar-refractivity contribution in [3.05, 3.63) is 50.7 Å². The number of nitrogens with zero attached hydrogens (tertiary/aromatic N) is 2. The SMILES string of the molecule is CCCN(Cc1cccc(N)c1)c1n[nH]c(=O)[nH]c1=O. The van der Waals surface area contributed by atoms with Crippen LogP contribution in [-0.4, -0.2) is 21.7 Å². The van der Waals surface area contributed by atoms with Crippen LogP contribution in [0.2, 0.25) is 0 Å². The average Bonchev–Trinajstić information content (AvgIpc) is 2.38. The summed E-state index contributed by atoms with van der Waals surface area (Å²) in [5.74, 6) is 0.203. The molecular weight excluding hydrogens is 258 g/mol. The van der Waals surface area contributed by atoms with Crippen molar-refractivity contribution in [2.45, 2.75) is 19.9 Å². The van der Waals surface area contributed by atoms with E-state index in [9.17, 15) is 9.59 Å². The number of hydrogen-bond acceptors (Lipinski definition) is 5. The van der Waals surface area contributed by atoms with Crippen molar-refractivity contribution >= 4 is 11.5 Å². The molecule has 2 rings (SSSR count). The molecule has 7 nitrogen and oxygen atoms in total. The van der Waals surface area contributed by atoms with Crippen LogP contribution in [0.5, 0.6) is 0 Å². The summed E-state index contributed by atoms with van der Waals surface area (Å²) < 4.78 is 0. The first-order valence-electron chi connectivity index (χ1n) is 6.38. The van der Waals surface area contributed by atoms with Gasteiger partial charge in [-0.15, -0.1) is 5.10 Å². The van der Waals surface area contributed by atoms with Crippen LogP contribution in [0, 0.1) is 0 Å². The number of aromatic nitrogens is 3. The Balaban J connectivity index is 2.31. The van der Waals surface area contributed by atoms with Crippen LogP contribution in [0.25, 0.3) is 0 Å². The zero-order chi connectivity index (χ0) is 14.5. The van der Waals surface area contributed by atoms with Crippen LogP contribution in [0.3, 0.4) is 0 Å². The molecule has 0 atom stereocenters. The predicted molar refractivity (Wildman–Crippen MR) is 77.7 cm³/mol. The fourth-order valence-electron chi connectivity index (χ4n) is 2.00. The molecule has 0 bridgehead atoms. The average molecular weight is 275 g/mol. The normalized spacial score (nSPS) is 10.4. The summed E-state index contributed by atoms with van der Waals surface area (Å²) in [5, 5.41) is 6.08. The summed E-state index contributed by atoms with van der Waals surface area (Å²) in [6.07, 6.45) is 0.850. The minimum Gasteiger partial charge on any atom is -0.399 e. The lowest BCUT2D eigenvalue weighted by atomic mass is 10.2. The standard InChI is InChI=1S/C13H17N5O2/c1-2-6-18(8-9-4-3-5-10(14)7-9)11-12(19)15-13(20)17-16-11/h3-5,7H,2,6,8,14H2,1H3,(H2,15,17,19,20). The number of hydrogen-bond donors (Lipinski definition) is 3. The van der Waals surface area contributed by atoms with Crippen molar-refractivity contribution in [3.63, 3.8) is 0 Å². The van der Waals surface area contributed by atoms with Gasteiger partial charge >= 0.3 is 5.69 Å². The van der Waals surface area contributed by atoms with E-state index < -0.39 is 11.2 Å². The monoisotopic (exact) mass is 275 g/mol. The van der Waals surface area contributed by atoms with Crippen molar-refractivity contribution in [2.75, 3.05) is 17.2 Å². The van der Waals surface area contributed by atoms with Crippen molar-refractivity contribution < 1.29 is 0 Å². The Kier molecular flexibility index (Phi) is 4.19. The number of aromatic amines is 2. The highest BCUT2D eigenvalue weighted by atomic mass is 16.2. The quantitative estimate of drug-likeness (QED) is 0.687. The minimum atomic E-state index is -0.612. The van der Waals surface area contributed by atoms with E-state index in [1.807, 2.05) is 30.0 Å². The Bertz CT molecular complexity index is 691. The van der Waals surface area contributed by atoms with Gasteiger partial charge in [0.1, 0.15) is 0 Å². The molecule has 0 radical (unpaired) electrons. The van der Waals surface area contributed by atoms with Gasteiger partial charge in [-0.05, 0) is 24.1 Å². The minimum absolute atomic E-state index is 0.203. The van der Waals surface area contributed by atoms with Gasteiger partial charge in [-0.3, -0.25) is 9.78 Å². The van der Waals surface area contributed by atoms with E-state index in [2.05, 4.69) is 15.2 Å². The number of nitrogens with two attached hydrogens (primary N) is 1. The molecular formula is C13H17N5O2. The summed E-state index contributed by atoms with van der Waals surface area (Å²) in [7, 11) is 0. The first kappa shape index (κ1) is 13.9. The molecule has 2 aromatic rings. The number of nitrogen functional groups attached to an aromatic ring is 1. The molecule has 1 heterocycles. The summed E-state index contributed by atoms with van der Waals surface area (Å²) in [6.45, 7) is 3.16. The molecule has 0 saturated carbocycles. The van der Waals surface area contributed by atoms with E-state index in [-0.39, 0.29) is 5.82 Å². The Hall–Kier alpha value is -2.57. The molecule has 1 aromatic heterocycles. The van der Waals surface area contributed by atoms with Crippen LogP contribution in [-0.2, 0) is 6.54 Å². The third-order valence-corrected chi connectivity index (χ3v) is 2.81. The van der Waals surface area contributed by atoms with Gasteiger partial charge in [0.2, 0.25) is 5.82 Å². The van der Waals surface area contributed by atoms with Crippen LogP contribution in [0.1, 0.15) is 18.9 Å². The molecule has 0 saturated heterocycles. The van der Waals surface area contributed by atoms with Gasteiger partial charge < -0.3 is 10.6 Å². The Morgan fingerprint density at radius 2 is 2.15 bits per heavy atom. The van der Waals surface area contributed by atoms with Crippen molar-refractivity contribution in [2.24, 2.45) is 0 Å². The second kappa shape index (κ2) is 6.05. The summed E-state index contributed by atoms with van der Waals surface area (Å²) in [5.41, 5.74) is 6.29. The molecule has 0 spiro atoms. The van der Waals surface area contributed by atoms with Gasteiger partial charge in [0.25, 0.3) is 5.56 Å². The molecule has 20 heavy (non-hydrogen) atoms. The van der Waals surface area contributed by atoms with Crippen molar-refractivity contribution in [1.29, 1.82) is 0 Å². The number of nitrogens with one attached hydrogen (secondary N) is 2. The second-order valence-electron chi connectivity index (χ2n) is 4.50. The van der Waals surface area contributed by atoms with E-state index in [4.69, 9.17) is 5.73 Å². The van der Waals surface area contributed by atoms with Crippen LogP contribution in [0.15, 0.2) is 33.9 Å². The fourth-order valence-corrected chi connectivity index (χ4v) is 2.00. The maximum absolute atomic E-state index is 11.8. The maximum atomic E-state index is 11.8. The van der Waals surface area contributed by atoms with E-state index in [0.29, 0.717) is 18.8 Å². The molecule has 0 amide bonds. The van der Waals surface area contributed by atoms with Gasteiger partial charge in [-0.25, -0.2) is 9.89 Å². The highest BCUT2D eigenvalue weighted by Crippen LogP contribution is 2.12. The molecule has 4 N–H and O–H groups in total. The lowest BCUT2D eigenvalue weighted by Gasteiger charge is -2.21. The number of H-pyrrole nitrogens is 2. The molecule has 0 aliphatic carbocycles. The largest absolute Gasteiger partial charge is 0.399 e. The molecule has 0 aliphatic rings. The van der Waals surface area contributed by atoms with E-state index in [1.165, 1.54) is 0 Å². The third kappa shape index (κ3) is 3.25. The molecule has 0 unspecified atom stereocenters. The molecule has 1 aromatic carbocycles. The number of anilines is 2. The fraction of sp³-hybridized carbons (Fsp3) is 0.308. The predicted octanol–water partition coefficient (Wildman–Crippen LogP) is 0.457. The Morgan fingerprint density at radius 3 is 2.80 bits per heavy atom. The summed E-state index contributed by atoms with van der Waals surface area (Å²) in [4.78, 5) is 26.8. The molecule has 7 heteroatoms. The lowest BCUT2D eigenvalue weighted by Crippen LogP contribution is -2.34. The van der Waals surface area contributed by atoms with Gasteiger partial charge in [-0.1, -0.05) is 19.1 Å². The number of rotatable bonds is 5. The van der Waals surface area contributed by atoms with Crippen LogP contribution in [0.4, 0.5) is 11.5 Å². The maximum Gasteiger partial charge on any atom is 0.342 e. The first-order chi connectivity index (χ1) is 9.60. The van der Waals surface area contributed by atoms with Gasteiger partial charge in [0, 0.05) is 18.8 Å². The zero-order valence-electron chi connectivity index (χ0n) is 11.2. The molecule has 0 aliphatic heterocycles. The van der Waals surface area contributed by atoms with Crippen LogP contribution >= 0.6 is 0 Å². The van der Waals surface area contributed by atoms with Gasteiger partial charge in [0.15, 0.2) is 0 Å². The Labute approximate surface area is 115 Å². The third-order valence-electron chi connectivity index (χ3n) is 2.81. The summed E-state index contributed by atoms with van der Waals surface area (Å²) >= 11 is 0. The highest BCUT2D eigenvalue weighted by molar-refractivity contribution is 5.43. The lowest BCUT2D eigenvalue weighted by molar-refractivity contribution is 0.725. The van der Waals surface area contributed by atoms with Crippen LogP contribution < -0.4 is 21.9 Å². The van der Waals surface area contributed by atoms with Crippen molar-refractivity contribution in [3.8, 4) is 0 Å². The topological polar surface area (TPSA) is 108 Å². The van der Waals surface area contributed by atoms with E-state index in [0.717, 1.165) is 12.0 Å². The molecule has 0 fully saturated rings. The van der Waals surface area contributed by atoms with Gasteiger partial charge in [-0.2, -0.15) is 0 Å². The van der Waals surface area contributed by atoms with E-state index >= 15 is 0 Å². The second-order valence-corrected chi connectivity index (χ2v) is 4.50. The Morgan fingerprint density at radius 1 is 1.35 bits per heavy atom. The zero-order valence-corrected chi connectivity index (χ0v) is 11.2. The first-order valence-corrected chi connectivity index (χ1v) is 6.38. The summed E-state index contributed by atoms with van der Waals surface area (Å²) in [6, 6.07) is 7.44. The number of benzene rings is 1. The molecule has 106 valence electrons. The van der Waals surface area contributed by atoms with E-state index in [1.54, 1.807) is 6.07 Å². The smallest absolute Gasteiger partial charge is 0.342 e.